The first-order valence-corrected chi connectivity index (χ1v) is 6.25. The van der Waals surface area contributed by atoms with Gasteiger partial charge in [-0.05, 0) is 25.2 Å². The number of carbonyl (C=O) groups excluding carboxylic acids is 1. The molecule has 1 fully saturated rings. The highest BCUT2D eigenvalue weighted by Crippen LogP contribution is 2.38. The average Bonchev–Trinajstić information content (AvgIpc) is 2.27. The van der Waals surface area contributed by atoms with Gasteiger partial charge in [-0.2, -0.15) is 0 Å². The number of Topliss-reactive ketones (excluding diaryl/α,β-unsaturated/α-hetero) is 1. The normalized spacial score (nSPS) is 31.5. The van der Waals surface area contributed by atoms with Gasteiger partial charge in [0.15, 0.2) is 5.78 Å². The Balaban J connectivity index is 2.68. The average molecular weight is 212 g/mol. The van der Waals surface area contributed by atoms with Gasteiger partial charge in [-0.15, -0.1) is 0 Å². The summed E-state index contributed by atoms with van der Waals surface area (Å²) >= 11 is 0. The zero-order valence-electron chi connectivity index (χ0n) is 10.3. The van der Waals surface area contributed by atoms with Crippen molar-refractivity contribution in [2.75, 3.05) is 7.11 Å². The van der Waals surface area contributed by atoms with Crippen molar-refractivity contribution in [3.05, 3.63) is 0 Å². The molecule has 0 aromatic rings. The van der Waals surface area contributed by atoms with E-state index >= 15 is 0 Å². The molecule has 0 radical (unpaired) electrons. The van der Waals surface area contributed by atoms with Crippen LogP contribution in [0.25, 0.3) is 0 Å². The van der Waals surface area contributed by atoms with Gasteiger partial charge < -0.3 is 4.74 Å². The molecule has 1 saturated carbocycles. The smallest absolute Gasteiger partial charge is 0.164 e. The molecule has 0 aromatic carbocycles. The van der Waals surface area contributed by atoms with Crippen molar-refractivity contribution in [1.29, 1.82) is 0 Å². The van der Waals surface area contributed by atoms with Crippen LogP contribution in [0.4, 0.5) is 0 Å². The number of ketones is 1. The van der Waals surface area contributed by atoms with E-state index < -0.39 is 5.60 Å². The molecule has 2 nitrogen and oxygen atoms in total. The third kappa shape index (κ3) is 2.60. The molecule has 2 unspecified atom stereocenters. The summed E-state index contributed by atoms with van der Waals surface area (Å²) in [5.74, 6) is 0.722. The van der Waals surface area contributed by atoms with E-state index in [-0.39, 0.29) is 0 Å². The van der Waals surface area contributed by atoms with Crippen molar-refractivity contribution in [2.45, 2.75) is 64.4 Å². The molecule has 2 atom stereocenters. The Hall–Kier alpha value is -0.370. The van der Waals surface area contributed by atoms with E-state index in [0.717, 1.165) is 32.1 Å². The first kappa shape index (κ1) is 12.7. The third-order valence-electron chi connectivity index (χ3n) is 3.82. The van der Waals surface area contributed by atoms with E-state index in [4.69, 9.17) is 4.74 Å². The Kier molecular flexibility index (Phi) is 4.78. The first-order valence-electron chi connectivity index (χ1n) is 6.25. The van der Waals surface area contributed by atoms with Crippen molar-refractivity contribution in [2.24, 2.45) is 5.92 Å². The number of hydrogen-bond donors (Lipinski definition) is 0. The van der Waals surface area contributed by atoms with Gasteiger partial charge in [0, 0.05) is 13.5 Å². The lowest BCUT2D eigenvalue weighted by molar-refractivity contribution is -0.152. The minimum atomic E-state index is -0.451. The largest absolute Gasteiger partial charge is 0.370 e. The molecule has 1 aliphatic carbocycles. The lowest BCUT2D eigenvalue weighted by Crippen LogP contribution is -2.48. The molecule has 0 saturated heterocycles. The number of hydrogen-bond acceptors (Lipinski definition) is 2. The van der Waals surface area contributed by atoms with E-state index in [1.807, 2.05) is 0 Å². The fraction of sp³-hybridized carbons (Fsp3) is 0.923. The highest BCUT2D eigenvalue weighted by Gasteiger charge is 2.43. The topological polar surface area (TPSA) is 26.3 Å². The number of unbranched alkanes of at least 4 members (excludes halogenated alkanes) is 1. The minimum Gasteiger partial charge on any atom is -0.370 e. The van der Waals surface area contributed by atoms with Crippen LogP contribution in [-0.4, -0.2) is 18.5 Å². The van der Waals surface area contributed by atoms with Crippen LogP contribution in [-0.2, 0) is 9.53 Å². The lowest BCUT2D eigenvalue weighted by atomic mass is 9.72. The van der Waals surface area contributed by atoms with Gasteiger partial charge in [0.05, 0.1) is 0 Å². The second-order valence-electron chi connectivity index (χ2n) is 4.77. The van der Waals surface area contributed by atoms with Crippen LogP contribution in [0.15, 0.2) is 0 Å². The van der Waals surface area contributed by atoms with Gasteiger partial charge in [0.1, 0.15) is 5.60 Å². The van der Waals surface area contributed by atoms with Crippen LogP contribution in [0.5, 0.6) is 0 Å². The maximum absolute atomic E-state index is 12.2. The van der Waals surface area contributed by atoms with E-state index in [0.29, 0.717) is 18.1 Å². The molecular formula is C13H24O2. The van der Waals surface area contributed by atoms with Crippen molar-refractivity contribution in [3.8, 4) is 0 Å². The summed E-state index contributed by atoms with van der Waals surface area (Å²) in [6.45, 7) is 4.28. The van der Waals surface area contributed by atoms with Gasteiger partial charge in [0.2, 0.25) is 0 Å². The summed E-state index contributed by atoms with van der Waals surface area (Å²) in [4.78, 5) is 12.2. The Labute approximate surface area is 93.4 Å². The summed E-state index contributed by atoms with van der Waals surface area (Å²) in [5.41, 5.74) is -0.451. The van der Waals surface area contributed by atoms with Gasteiger partial charge in [-0.25, -0.2) is 0 Å². The van der Waals surface area contributed by atoms with Crippen molar-refractivity contribution in [3.63, 3.8) is 0 Å². The minimum absolute atomic E-state index is 0.332. The number of carbonyl (C=O) groups is 1. The Bertz CT molecular complexity index is 213. The zero-order valence-corrected chi connectivity index (χ0v) is 10.3. The van der Waals surface area contributed by atoms with E-state index in [9.17, 15) is 4.79 Å². The van der Waals surface area contributed by atoms with Gasteiger partial charge in [-0.3, -0.25) is 4.79 Å². The Morgan fingerprint density at radius 2 is 2.20 bits per heavy atom. The van der Waals surface area contributed by atoms with Crippen LogP contribution < -0.4 is 0 Å². The predicted octanol–water partition coefficient (Wildman–Crippen LogP) is 3.34. The molecule has 88 valence electrons. The van der Waals surface area contributed by atoms with Crippen LogP contribution in [0.3, 0.4) is 0 Å². The molecular weight excluding hydrogens is 188 g/mol. The summed E-state index contributed by atoms with van der Waals surface area (Å²) in [6, 6.07) is 0. The summed E-state index contributed by atoms with van der Waals surface area (Å²) in [6.07, 6.45) is 7.20. The molecule has 0 amide bonds. The Morgan fingerprint density at radius 1 is 1.47 bits per heavy atom. The van der Waals surface area contributed by atoms with Gasteiger partial charge in [-0.1, -0.05) is 33.1 Å². The van der Waals surface area contributed by atoms with Crippen molar-refractivity contribution in [1.82, 2.24) is 0 Å². The molecule has 0 bridgehead atoms. The molecule has 0 N–H and O–H groups in total. The first-order chi connectivity index (χ1) is 7.17. The van der Waals surface area contributed by atoms with E-state index in [1.54, 1.807) is 7.11 Å². The molecule has 0 aliphatic heterocycles. The SMILES string of the molecule is CCCCC(=O)C1(OC)CCCCC1C. The molecule has 0 heterocycles. The second kappa shape index (κ2) is 5.64. The molecule has 0 aromatic heterocycles. The quantitative estimate of drug-likeness (QED) is 0.698. The number of ether oxygens (including phenoxy) is 1. The zero-order chi connectivity index (χ0) is 11.3. The number of rotatable bonds is 5. The molecule has 2 heteroatoms. The standard InChI is InChI=1S/C13H24O2/c1-4-5-9-12(14)13(15-3)10-7-6-8-11(13)2/h11H,4-10H2,1-3H3. The summed E-state index contributed by atoms with van der Waals surface area (Å²) < 4.78 is 5.60. The third-order valence-corrected chi connectivity index (χ3v) is 3.82. The molecule has 0 spiro atoms. The second-order valence-corrected chi connectivity index (χ2v) is 4.77. The van der Waals surface area contributed by atoms with Crippen LogP contribution in [0.2, 0.25) is 0 Å². The van der Waals surface area contributed by atoms with Gasteiger partial charge >= 0.3 is 0 Å². The van der Waals surface area contributed by atoms with Crippen molar-refractivity contribution < 1.29 is 9.53 Å². The highest BCUT2D eigenvalue weighted by molar-refractivity contribution is 5.87. The van der Waals surface area contributed by atoms with Crippen LogP contribution in [0, 0.1) is 5.92 Å². The van der Waals surface area contributed by atoms with Crippen LogP contribution >= 0.6 is 0 Å². The maximum Gasteiger partial charge on any atom is 0.164 e. The molecule has 1 aliphatic rings. The number of methoxy groups -OCH3 is 1. The lowest BCUT2D eigenvalue weighted by Gasteiger charge is -2.40. The van der Waals surface area contributed by atoms with Crippen molar-refractivity contribution >= 4 is 5.78 Å². The van der Waals surface area contributed by atoms with Gasteiger partial charge in [0.25, 0.3) is 0 Å². The summed E-state index contributed by atoms with van der Waals surface area (Å²) in [5, 5.41) is 0. The summed E-state index contributed by atoms with van der Waals surface area (Å²) in [7, 11) is 1.70. The fourth-order valence-corrected chi connectivity index (χ4v) is 2.70. The monoisotopic (exact) mass is 212 g/mol. The van der Waals surface area contributed by atoms with E-state index in [1.165, 1.54) is 6.42 Å². The maximum atomic E-state index is 12.2. The Morgan fingerprint density at radius 3 is 2.73 bits per heavy atom. The van der Waals surface area contributed by atoms with E-state index in [2.05, 4.69) is 13.8 Å². The molecule has 1 rings (SSSR count). The molecule has 15 heavy (non-hydrogen) atoms. The predicted molar refractivity (Wildman–Crippen MR) is 61.9 cm³/mol. The van der Waals surface area contributed by atoms with Crippen LogP contribution in [0.1, 0.15) is 58.8 Å². The highest BCUT2D eigenvalue weighted by atomic mass is 16.5. The fourth-order valence-electron chi connectivity index (χ4n) is 2.70.